The lowest BCUT2D eigenvalue weighted by Crippen LogP contribution is -2.52. The highest BCUT2D eigenvalue weighted by atomic mass is 127. The highest BCUT2D eigenvalue weighted by Crippen LogP contribution is 2.12. The summed E-state index contributed by atoms with van der Waals surface area (Å²) in [4.78, 5) is 6.88. The lowest BCUT2D eigenvalue weighted by atomic mass is 10.0. The van der Waals surface area contributed by atoms with E-state index in [1.807, 2.05) is 7.05 Å². The quantitative estimate of drug-likeness (QED) is 0.333. The van der Waals surface area contributed by atoms with Gasteiger partial charge in [0.15, 0.2) is 5.96 Å². The van der Waals surface area contributed by atoms with E-state index in [1.54, 1.807) is 7.11 Å². The van der Waals surface area contributed by atoms with Crippen LogP contribution in [0.4, 0.5) is 0 Å². The van der Waals surface area contributed by atoms with Crippen LogP contribution in [0.2, 0.25) is 0 Å². The molecule has 0 aromatic heterocycles. The molecular weight excluding hydrogens is 455 g/mol. The van der Waals surface area contributed by atoms with Crippen LogP contribution >= 0.6 is 24.0 Å². The number of aliphatic imine (C=N–C) groups is 1. The minimum Gasteiger partial charge on any atom is -0.380 e. The summed E-state index contributed by atoms with van der Waals surface area (Å²) >= 11 is 0. The van der Waals surface area contributed by atoms with E-state index in [0.29, 0.717) is 18.6 Å². The predicted octanol–water partition coefficient (Wildman–Crippen LogP) is 2.47. The molecule has 0 amide bonds. The Hall–Kier alpha value is -0.900. The van der Waals surface area contributed by atoms with Gasteiger partial charge in [-0.1, -0.05) is 38.1 Å². The van der Waals surface area contributed by atoms with Gasteiger partial charge in [-0.25, -0.2) is 0 Å². The number of nitrogens with zero attached hydrogens (tertiary/aromatic N) is 2. The van der Waals surface area contributed by atoms with Crippen LogP contribution in [0.1, 0.15) is 25.0 Å². The van der Waals surface area contributed by atoms with Crippen molar-refractivity contribution in [2.45, 2.75) is 33.0 Å². The van der Waals surface area contributed by atoms with Crippen molar-refractivity contribution in [2.24, 2.45) is 10.9 Å². The summed E-state index contributed by atoms with van der Waals surface area (Å²) in [5.74, 6) is 1.41. The first kappa shape index (κ1) is 24.1. The zero-order chi connectivity index (χ0) is 18.8. The largest absolute Gasteiger partial charge is 0.380 e. The Labute approximate surface area is 181 Å². The van der Waals surface area contributed by atoms with Crippen LogP contribution in [-0.4, -0.2) is 63.9 Å². The Morgan fingerprint density at radius 3 is 2.56 bits per heavy atom. The molecular formula is C20H35IN4O2. The summed E-state index contributed by atoms with van der Waals surface area (Å²) in [6.07, 6.45) is 0. The van der Waals surface area contributed by atoms with Crippen molar-refractivity contribution in [1.82, 2.24) is 15.5 Å². The minimum absolute atomic E-state index is 0. The zero-order valence-corrected chi connectivity index (χ0v) is 19.4. The molecule has 0 radical (unpaired) electrons. The third kappa shape index (κ3) is 8.33. The summed E-state index contributed by atoms with van der Waals surface area (Å²) in [5, 5.41) is 6.90. The molecule has 0 aliphatic carbocycles. The lowest BCUT2D eigenvalue weighted by molar-refractivity contribution is 0.00752. The molecule has 7 heteroatoms. The van der Waals surface area contributed by atoms with Gasteiger partial charge in [-0.2, -0.15) is 0 Å². The molecule has 0 bridgehead atoms. The first-order valence-electron chi connectivity index (χ1n) is 9.47. The van der Waals surface area contributed by atoms with E-state index in [1.165, 1.54) is 11.1 Å². The summed E-state index contributed by atoms with van der Waals surface area (Å²) in [5.41, 5.74) is 2.40. The molecule has 1 unspecified atom stereocenters. The Morgan fingerprint density at radius 1 is 1.22 bits per heavy atom. The fourth-order valence-corrected chi connectivity index (χ4v) is 3.30. The minimum atomic E-state index is 0. The summed E-state index contributed by atoms with van der Waals surface area (Å²) < 4.78 is 10.7. The van der Waals surface area contributed by atoms with Crippen LogP contribution in [-0.2, 0) is 22.6 Å². The van der Waals surface area contributed by atoms with E-state index in [-0.39, 0.29) is 24.0 Å². The predicted molar refractivity (Wildman–Crippen MR) is 122 cm³/mol. The number of hydrogen-bond donors (Lipinski definition) is 2. The van der Waals surface area contributed by atoms with Gasteiger partial charge in [0.05, 0.1) is 19.8 Å². The van der Waals surface area contributed by atoms with E-state index in [4.69, 9.17) is 9.47 Å². The molecule has 0 saturated carbocycles. The van der Waals surface area contributed by atoms with Gasteiger partial charge in [0.1, 0.15) is 0 Å². The molecule has 1 atom stereocenters. The molecule has 0 spiro atoms. The number of nitrogens with one attached hydrogen (secondary N) is 2. The van der Waals surface area contributed by atoms with Gasteiger partial charge < -0.3 is 20.1 Å². The van der Waals surface area contributed by atoms with Crippen molar-refractivity contribution >= 4 is 29.9 Å². The smallest absolute Gasteiger partial charge is 0.191 e. The topological polar surface area (TPSA) is 58.1 Å². The molecule has 1 aromatic carbocycles. The number of methoxy groups -OCH3 is 1. The van der Waals surface area contributed by atoms with Crippen LogP contribution in [0, 0.1) is 5.92 Å². The molecule has 2 N–H and O–H groups in total. The van der Waals surface area contributed by atoms with Gasteiger partial charge in [-0.05, 0) is 17.0 Å². The fraction of sp³-hybridized carbons (Fsp3) is 0.650. The molecule has 1 fully saturated rings. The van der Waals surface area contributed by atoms with Crippen molar-refractivity contribution in [3.63, 3.8) is 0 Å². The molecule has 154 valence electrons. The SMILES string of the molecule is CN=C(NCc1cccc(COC)c1)NCC(C(C)C)N1CCOCC1.I. The van der Waals surface area contributed by atoms with Gasteiger partial charge in [0.2, 0.25) is 0 Å². The standard InChI is InChI=1S/C20H34N4O2.HI/c1-16(2)19(24-8-10-26-11-9-24)14-23-20(21-3)22-13-17-6-5-7-18(12-17)15-25-4;/h5-7,12,16,19H,8-11,13-15H2,1-4H3,(H2,21,22,23);1H. The number of morpholine rings is 1. The van der Waals surface area contributed by atoms with Crippen LogP contribution in [0.25, 0.3) is 0 Å². The third-order valence-electron chi connectivity index (χ3n) is 4.75. The summed E-state index contributed by atoms with van der Waals surface area (Å²) in [6.45, 7) is 10.5. The Kier molecular flexibility index (Phi) is 11.9. The zero-order valence-electron chi connectivity index (χ0n) is 17.0. The van der Waals surface area contributed by atoms with Crippen LogP contribution in [0.15, 0.2) is 29.3 Å². The second-order valence-electron chi connectivity index (χ2n) is 7.02. The van der Waals surface area contributed by atoms with Gasteiger partial charge in [0, 0.05) is 46.4 Å². The summed E-state index contributed by atoms with van der Waals surface area (Å²) in [7, 11) is 3.53. The maximum absolute atomic E-state index is 5.48. The Balaban J connectivity index is 0.00000364. The monoisotopic (exact) mass is 490 g/mol. The fourth-order valence-electron chi connectivity index (χ4n) is 3.30. The number of benzene rings is 1. The van der Waals surface area contributed by atoms with Gasteiger partial charge in [-0.3, -0.25) is 9.89 Å². The maximum Gasteiger partial charge on any atom is 0.191 e. The second-order valence-corrected chi connectivity index (χ2v) is 7.02. The normalized spacial score (nSPS) is 16.7. The molecule has 1 heterocycles. The first-order valence-corrected chi connectivity index (χ1v) is 9.47. The Bertz CT molecular complexity index is 563. The van der Waals surface area contributed by atoms with Gasteiger partial charge >= 0.3 is 0 Å². The summed E-state index contributed by atoms with van der Waals surface area (Å²) in [6, 6.07) is 8.89. The van der Waals surface area contributed by atoms with Crippen molar-refractivity contribution in [2.75, 3.05) is 47.0 Å². The third-order valence-corrected chi connectivity index (χ3v) is 4.75. The van der Waals surface area contributed by atoms with Crippen LogP contribution in [0.5, 0.6) is 0 Å². The number of halogens is 1. The molecule has 1 aliphatic rings. The molecule has 27 heavy (non-hydrogen) atoms. The highest BCUT2D eigenvalue weighted by Gasteiger charge is 2.23. The van der Waals surface area contributed by atoms with Gasteiger partial charge in [-0.15, -0.1) is 24.0 Å². The lowest BCUT2D eigenvalue weighted by Gasteiger charge is -2.37. The van der Waals surface area contributed by atoms with Crippen molar-refractivity contribution in [1.29, 1.82) is 0 Å². The average molecular weight is 490 g/mol. The maximum atomic E-state index is 5.48. The highest BCUT2D eigenvalue weighted by molar-refractivity contribution is 14.0. The van der Waals surface area contributed by atoms with E-state index in [9.17, 15) is 0 Å². The van der Waals surface area contributed by atoms with E-state index in [0.717, 1.165) is 45.4 Å². The molecule has 1 saturated heterocycles. The number of rotatable bonds is 8. The molecule has 6 nitrogen and oxygen atoms in total. The van der Waals surface area contributed by atoms with Crippen LogP contribution < -0.4 is 10.6 Å². The van der Waals surface area contributed by atoms with E-state index >= 15 is 0 Å². The van der Waals surface area contributed by atoms with Crippen molar-refractivity contribution < 1.29 is 9.47 Å². The number of hydrogen-bond acceptors (Lipinski definition) is 4. The van der Waals surface area contributed by atoms with Crippen molar-refractivity contribution in [3.05, 3.63) is 35.4 Å². The molecule has 2 rings (SSSR count). The van der Waals surface area contributed by atoms with Gasteiger partial charge in [0.25, 0.3) is 0 Å². The van der Waals surface area contributed by atoms with Crippen molar-refractivity contribution in [3.8, 4) is 0 Å². The number of guanidine groups is 1. The molecule has 1 aliphatic heterocycles. The number of ether oxygens (including phenoxy) is 2. The van der Waals surface area contributed by atoms with Crippen LogP contribution in [0.3, 0.4) is 0 Å². The van der Waals surface area contributed by atoms with E-state index in [2.05, 4.69) is 58.6 Å². The first-order chi connectivity index (χ1) is 12.6. The average Bonchev–Trinajstić information content (AvgIpc) is 2.65. The van der Waals surface area contributed by atoms with E-state index < -0.39 is 0 Å². The Morgan fingerprint density at radius 2 is 1.93 bits per heavy atom. The molecule has 1 aromatic rings. The second kappa shape index (κ2) is 13.3.